The number of rotatable bonds is 6. The van der Waals surface area contributed by atoms with Gasteiger partial charge in [0.2, 0.25) is 0 Å². The van der Waals surface area contributed by atoms with Gasteiger partial charge in [0.05, 0.1) is 5.92 Å². The average molecular weight is 284 g/mol. The van der Waals surface area contributed by atoms with Crippen molar-refractivity contribution < 1.29 is 14.7 Å². The van der Waals surface area contributed by atoms with Crippen molar-refractivity contribution in [2.75, 3.05) is 6.54 Å². The molecular weight excluding hydrogens is 256 g/mol. The number of carbonyl (C=O) groups excluding carboxylic acids is 1. The van der Waals surface area contributed by atoms with Crippen LogP contribution in [0.2, 0.25) is 0 Å². The number of hydrogen-bond acceptors (Lipinski definition) is 2. The summed E-state index contributed by atoms with van der Waals surface area (Å²) in [6.07, 6.45) is 4.55. The zero-order valence-corrected chi connectivity index (χ0v) is 12.8. The van der Waals surface area contributed by atoms with E-state index in [1.165, 1.54) is 6.42 Å². The number of carboxylic acid groups (broad SMARTS) is 1. The van der Waals surface area contributed by atoms with Gasteiger partial charge < -0.3 is 15.7 Å². The standard InChI is InChI=1S/C15H28N2O3/c1-10-6-7-13(9-12(10)3)17-15(20)16-8-4-5-11(2)14(18)19/h10-13H,4-9H2,1-3H3,(H,18,19)(H2,16,17,20). The van der Waals surface area contributed by atoms with Crippen LogP contribution in [0, 0.1) is 17.8 Å². The Labute approximate surface area is 121 Å². The minimum atomic E-state index is -0.778. The second kappa shape index (κ2) is 8.12. The number of amides is 2. The van der Waals surface area contributed by atoms with Crippen molar-refractivity contribution in [2.24, 2.45) is 17.8 Å². The maximum Gasteiger partial charge on any atom is 0.315 e. The first-order valence-electron chi connectivity index (χ1n) is 7.67. The van der Waals surface area contributed by atoms with E-state index in [1.807, 2.05) is 0 Å². The molecule has 0 aromatic carbocycles. The number of carboxylic acids is 1. The third kappa shape index (κ3) is 5.80. The minimum Gasteiger partial charge on any atom is -0.481 e. The smallest absolute Gasteiger partial charge is 0.315 e. The summed E-state index contributed by atoms with van der Waals surface area (Å²) in [5, 5.41) is 14.6. The van der Waals surface area contributed by atoms with E-state index in [9.17, 15) is 9.59 Å². The first-order valence-corrected chi connectivity index (χ1v) is 7.67. The Morgan fingerprint density at radius 1 is 1.25 bits per heavy atom. The van der Waals surface area contributed by atoms with E-state index >= 15 is 0 Å². The van der Waals surface area contributed by atoms with Crippen LogP contribution in [0.5, 0.6) is 0 Å². The van der Waals surface area contributed by atoms with Gasteiger partial charge in [0.15, 0.2) is 0 Å². The van der Waals surface area contributed by atoms with E-state index in [-0.39, 0.29) is 18.0 Å². The highest BCUT2D eigenvalue weighted by atomic mass is 16.4. The maximum atomic E-state index is 11.7. The van der Waals surface area contributed by atoms with Gasteiger partial charge in [0, 0.05) is 12.6 Å². The van der Waals surface area contributed by atoms with E-state index in [4.69, 9.17) is 5.11 Å². The molecule has 1 aliphatic rings. The fraction of sp³-hybridized carbons (Fsp3) is 0.867. The van der Waals surface area contributed by atoms with Crippen LogP contribution in [0.4, 0.5) is 4.79 Å². The van der Waals surface area contributed by atoms with Gasteiger partial charge in [-0.3, -0.25) is 4.79 Å². The summed E-state index contributed by atoms with van der Waals surface area (Å²) in [5.74, 6) is 0.277. The molecule has 0 heterocycles. The van der Waals surface area contributed by atoms with Crippen molar-refractivity contribution in [2.45, 2.75) is 58.9 Å². The van der Waals surface area contributed by atoms with Gasteiger partial charge >= 0.3 is 12.0 Å². The summed E-state index contributed by atoms with van der Waals surface area (Å²) in [7, 11) is 0. The molecule has 1 aliphatic carbocycles. The molecule has 1 saturated carbocycles. The highest BCUT2D eigenvalue weighted by Crippen LogP contribution is 2.29. The lowest BCUT2D eigenvalue weighted by Gasteiger charge is -2.32. The fourth-order valence-corrected chi connectivity index (χ4v) is 2.65. The van der Waals surface area contributed by atoms with E-state index in [0.29, 0.717) is 25.3 Å². The first-order chi connectivity index (χ1) is 9.40. The molecule has 2 amide bonds. The van der Waals surface area contributed by atoms with Crippen LogP contribution in [0.3, 0.4) is 0 Å². The molecule has 1 fully saturated rings. The summed E-state index contributed by atoms with van der Waals surface area (Å²) in [6.45, 7) is 6.73. The highest BCUT2D eigenvalue weighted by Gasteiger charge is 2.25. The second-order valence-electron chi connectivity index (χ2n) is 6.25. The molecule has 5 nitrogen and oxygen atoms in total. The van der Waals surface area contributed by atoms with Crippen LogP contribution in [0.1, 0.15) is 52.9 Å². The average Bonchev–Trinajstić information content (AvgIpc) is 2.38. The van der Waals surface area contributed by atoms with Crippen molar-refractivity contribution in [1.82, 2.24) is 10.6 Å². The topological polar surface area (TPSA) is 78.4 Å². The van der Waals surface area contributed by atoms with Crippen molar-refractivity contribution >= 4 is 12.0 Å². The largest absolute Gasteiger partial charge is 0.481 e. The molecule has 3 N–H and O–H groups in total. The number of hydrogen-bond donors (Lipinski definition) is 3. The molecular formula is C15H28N2O3. The second-order valence-corrected chi connectivity index (χ2v) is 6.25. The van der Waals surface area contributed by atoms with E-state index in [1.54, 1.807) is 6.92 Å². The third-order valence-electron chi connectivity index (χ3n) is 4.45. The van der Waals surface area contributed by atoms with Gasteiger partial charge in [-0.1, -0.05) is 20.8 Å². The lowest BCUT2D eigenvalue weighted by atomic mass is 9.79. The summed E-state index contributed by atoms with van der Waals surface area (Å²) >= 11 is 0. The predicted molar refractivity (Wildman–Crippen MR) is 78.5 cm³/mol. The molecule has 5 heteroatoms. The van der Waals surface area contributed by atoms with Crippen LogP contribution >= 0.6 is 0 Å². The molecule has 4 atom stereocenters. The Hall–Kier alpha value is -1.26. The molecule has 0 aliphatic heterocycles. The number of nitrogens with one attached hydrogen (secondary N) is 2. The van der Waals surface area contributed by atoms with Gasteiger partial charge in [-0.25, -0.2) is 4.79 Å². The van der Waals surface area contributed by atoms with Gasteiger partial charge in [-0.15, -0.1) is 0 Å². The quantitative estimate of drug-likeness (QED) is 0.656. The zero-order valence-electron chi connectivity index (χ0n) is 12.8. The van der Waals surface area contributed by atoms with Gasteiger partial charge in [0.25, 0.3) is 0 Å². The molecule has 116 valence electrons. The summed E-state index contributed by atoms with van der Waals surface area (Å²) in [6, 6.07) is 0.152. The summed E-state index contributed by atoms with van der Waals surface area (Å²) in [5.41, 5.74) is 0. The van der Waals surface area contributed by atoms with Gasteiger partial charge in [-0.05, 0) is 43.9 Å². The van der Waals surface area contributed by atoms with E-state index < -0.39 is 5.97 Å². The Bertz CT molecular complexity index is 333. The van der Waals surface area contributed by atoms with Crippen LogP contribution in [0.15, 0.2) is 0 Å². The molecule has 0 bridgehead atoms. The Morgan fingerprint density at radius 2 is 1.95 bits per heavy atom. The monoisotopic (exact) mass is 284 g/mol. The van der Waals surface area contributed by atoms with Crippen LogP contribution in [-0.4, -0.2) is 29.7 Å². The summed E-state index contributed by atoms with van der Waals surface area (Å²) < 4.78 is 0. The molecule has 0 aromatic rings. The first kappa shape index (κ1) is 16.8. The Morgan fingerprint density at radius 3 is 2.55 bits per heavy atom. The molecule has 4 unspecified atom stereocenters. The minimum absolute atomic E-state index is 0.125. The van der Waals surface area contributed by atoms with Crippen LogP contribution in [-0.2, 0) is 4.79 Å². The predicted octanol–water partition coefficient (Wildman–Crippen LogP) is 2.61. The third-order valence-corrected chi connectivity index (χ3v) is 4.45. The van der Waals surface area contributed by atoms with E-state index in [2.05, 4.69) is 24.5 Å². The van der Waals surface area contributed by atoms with Gasteiger partial charge in [0.1, 0.15) is 0 Å². The van der Waals surface area contributed by atoms with Crippen molar-refractivity contribution in [1.29, 1.82) is 0 Å². The Kier molecular flexibility index (Phi) is 6.82. The normalized spacial score (nSPS) is 27.6. The number of urea groups is 1. The van der Waals surface area contributed by atoms with Crippen molar-refractivity contribution in [3.8, 4) is 0 Å². The number of carbonyl (C=O) groups is 2. The lowest BCUT2D eigenvalue weighted by molar-refractivity contribution is -0.141. The molecule has 20 heavy (non-hydrogen) atoms. The van der Waals surface area contributed by atoms with Gasteiger partial charge in [-0.2, -0.15) is 0 Å². The molecule has 1 rings (SSSR count). The lowest BCUT2D eigenvalue weighted by Crippen LogP contribution is -2.45. The number of aliphatic carboxylic acids is 1. The fourth-order valence-electron chi connectivity index (χ4n) is 2.65. The molecule has 0 aromatic heterocycles. The SMILES string of the molecule is CC(CCCNC(=O)NC1CCC(C)C(C)C1)C(=O)O. The molecule has 0 saturated heterocycles. The van der Waals surface area contributed by atoms with Crippen LogP contribution < -0.4 is 10.6 Å². The highest BCUT2D eigenvalue weighted by molar-refractivity contribution is 5.74. The summed E-state index contributed by atoms with van der Waals surface area (Å²) in [4.78, 5) is 22.4. The Balaban J connectivity index is 2.13. The van der Waals surface area contributed by atoms with Crippen LogP contribution in [0.25, 0.3) is 0 Å². The molecule has 0 spiro atoms. The van der Waals surface area contributed by atoms with E-state index in [0.717, 1.165) is 18.8 Å². The zero-order chi connectivity index (χ0) is 15.1. The molecule has 0 radical (unpaired) electrons. The van der Waals surface area contributed by atoms with Crippen molar-refractivity contribution in [3.63, 3.8) is 0 Å². The maximum absolute atomic E-state index is 11.7. The van der Waals surface area contributed by atoms with Crippen molar-refractivity contribution in [3.05, 3.63) is 0 Å².